The normalized spacial score (nSPS) is 15.7. The number of aryl methyl sites for hydroxylation is 1. The Hall–Kier alpha value is -2.00. The molecule has 0 bridgehead atoms. The van der Waals surface area contributed by atoms with Crippen molar-refractivity contribution in [3.63, 3.8) is 0 Å². The Morgan fingerprint density at radius 3 is 2.32 bits per heavy atom. The van der Waals surface area contributed by atoms with E-state index in [0.29, 0.717) is 41.1 Å². The van der Waals surface area contributed by atoms with Crippen molar-refractivity contribution in [3.05, 3.63) is 58.4 Å². The molecule has 0 saturated carbocycles. The maximum Gasteiger partial charge on any atom is 0.252 e. The fraction of sp³-hybridized carbons (Fsp3) is 0.263. The van der Waals surface area contributed by atoms with Crippen molar-refractivity contribution >= 4 is 38.8 Å². The molecule has 6 nitrogen and oxygen atoms in total. The summed E-state index contributed by atoms with van der Waals surface area (Å²) in [5, 5.41) is 9.25. The Kier molecular flexibility index (Phi) is 5.37. The first-order valence-corrected chi connectivity index (χ1v) is 11.5. The monoisotopic (exact) mass is 434 g/mol. The van der Waals surface area contributed by atoms with Crippen molar-refractivity contribution in [2.45, 2.75) is 11.1 Å². The van der Waals surface area contributed by atoms with Crippen molar-refractivity contribution in [1.29, 1.82) is 0 Å². The van der Waals surface area contributed by atoms with Crippen molar-refractivity contribution in [1.82, 2.24) is 14.5 Å². The average molecular weight is 435 g/mol. The highest BCUT2D eigenvalue weighted by molar-refractivity contribution is 7.91. The SMILES string of the molecule is Cc1ccc(S(=O)(=O)N2CCN(c3ccc(-c4ccccc4Cl)nn3)CC2)s1. The second kappa shape index (κ2) is 7.79. The molecular formula is C19H19ClN4O2S2. The van der Waals surface area contributed by atoms with E-state index in [1.54, 1.807) is 10.4 Å². The molecule has 1 aliphatic heterocycles. The molecule has 0 spiro atoms. The molecule has 1 saturated heterocycles. The lowest BCUT2D eigenvalue weighted by Crippen LogP contribution is -2.48. The van der Waals surface area contributed by atoms with Crippen LogP contribution in [-0.2, 0) is 10.0 Å². The number of hydrogen-bond acceptors (Lipinski definition) is 6. The summed E-state index contributed by atoms with van der Waals surface area (Å²) in [6.07, 6.45) is 0. The van der Waals surface area contributed by atoms with Crippen LogP contribution in [0.25, 0.3) is 11.3 Å². The van der Waals surface area contributed by atoms with Gasteiger partial charge in [0.25, 0.3) is 10.0 Å². The molecule has 0 atom stereocenters. The molecule has 3 aromatic rings. The van der Waals surface area contributed by atoms with Crippen molar-refractivity contribution in [2.24, 2.45) is 0 Å². The van der Waals surface area contributed by atoms with Crippen LogP contribution in [-0.4, -0.2) is 49.1 Å². The van der Waals surface area contributed by atoms with Crippen molar-refractivity contribution in [2.75, 3.05) is 31.1 Å². The van der Waals surface area contributed by atoms with Crippen molar-refractivity contribution in [3.8, 4) is 11.3 Å². The molecular weight excluding hydrogens is 416 g/mol. The standard InChI is InChI=1S/C19H19ClN4O2S2/c1-14-6-9-19(27-14)28(25,26)24-12-10-23(11-13-24)18-8-7-17(21-22-18)15-4-2-3-5-16(15)20/h2-9H,10-13H2,1H3. The maximum absolute atomic E-state index is 12.8. The maximum atomic E-state index is 12.8. The third kappa shape index (κ3) is 3.77. The molecule has 4 rings (SSSR count). The van der Waals surface area contributed by atoms with Crippen LogP contribution in [0.5, 0.6) is 0 Å². The molecule has 9 heteroatoms. The van der Waals surface area contributed by atoms with Gasteiger partial charge in [0.2, 0.25) is 0 Å². The first-order valence-electron chi connectivity index (χ1n) is 8.85. The summed E-state index contributed by atoms with van der Waals surface area (Å²) in [4.78, 5) is 3.04. The Bertz CT molecular complexity index is 1080. The Morgan fingerprint density at radius 1 is 0.964 bits per heavy atom. The van der Waals surface area contributed by atoms with Gasteiger partial charge in [-0.05, 0) is 37.3 Å². The van der Waals surface area contributed by atoms with Gasteiger partial charge < -0.3 is 4.90 Å². The van der Waals surface area contributed by atoms with E-state index in [4.69, 9.17) is 11.6 Å². The highest BCUT2D eigenvalue weighted by atomic mass is 35.5. The molecule has 0 radical (unpaired) electrons. The third-order valence-corrected chi connectivity index (χ3v) is 8.37. The minimum absolute atomic E-state index is 0.405. The lowest BCUT2D eigenvalue weighted by molar-refractivity contribution is 0.384. The summed E-state index contributed by atoms with van der Waals surface area (Å²) < 4.78 is 27.5. The highest BCUT2D eigenvalue weighted by Gasteiger charge is 2.30. The van der Waals surface area contributed by atoms with Gasteiger partial charge in [0, 0.05) is 36.6 Å². The number of nitrogens with zero attached hydrogens (tertiary/aromatic N) is 4. The van der Waals surface area contributed by atoms with Gasteiger partial charge in [0.1, 0.15) is 4.21 Å². The van der Waals surface area contributed by atoms with E-state index in [1.165, 1.54) is 11.3 Å². The van der Waals surface area contributed by atoms with Gasteiger partial charge in [-0.3, -0.25) is 0 Å². The number of hydrogen-bond donors (Lipinski definition) is 0. The quantitative estimate of drug-likeness (QED) is 0.626. The van der Waals surface area contributed by atoms with E-state index in [2.05, 4.69) is 15.1 Å². The molecule has 1 aliphatic rings. The number of thiophene rings is 1. The van der Waals surface area contributed by atoms with Gasteiger partial charge >= 0.3 is 0 Å². The molecule has 146 valence electrons. The molecule has 2 aromatic heterocycles. The van der Waals surface area contributed by atoms with E-state index in [0.717, 1.165) is 16.3 Å². The smallest absolute Gasteiger partial charge is 0.252 e. The van der Waals surface area contributed by atoms with E-state index in [-0.39, 0.29) is 0 Å². The first kappa shape index (κ1) is 19.3. The second-order valence-electron chi connectivity index (χ2n) is 6.51. The van der Waals surface area contributed by atoms with Gasteiger partial charge in [-0.15, -0.1) is 21.5 Å². The predicted octanol–water partition coefficient (Wildman–Crippen LogP) is 3.68. The Labute approximate surface area is 173 Å². The van der Waals surface area contributed by atoms with Crippen LogP contribution in [0.1, 0.15) is 4.88 Å². The van der Waals surface area contributed by atoms with Gasteiger partial charge in [0.15, 0.2) is 5.82 Å². The zero-order valence-corrected chi connectivity index (χ0v) is 17.6. The number of anilines is 1. The van der Waals surface area contributed by atoms with Crippen LogP contribution in [0.4, 0.5) is 5.82 Å². The van der Waals surface area contributed by atoms with E-state index < -0.39 is 10.0 Å². The molecule has 28 heavy (non-hydrogen) atoms. The van der Waals surface area contributed by atoms with E-state index in [9.17, 15) is 8.42 Å². The molecule has 0 N–H and O–H groups in total. The van der Waals surface area contributed by atoms with E-state index >= 15 is 0 Å². The predicted molar refractivity (Wildman–Crippen MR) is 113 cm³/mol. The second-order valence-corrected chi connectivity index (χ2v) is 10.4. The van der Waals surface area contributed by atoms with E-state index in [1.807, 2.05) is 49.4 Å². The molecule has 1 fully saturated rings. The lowest BCUT2D eigenvalue weighted by atomic mass is 10.1. The molecule has 0 aliphatic carbocycles. The van der Waals surface area contributed by atoms with Gasteiger partial charge in [-0.2, -0.15) is 4.31 Å². The van der Waals surface area contributed by atoms with Crippen LogP contribution in [0, 0.1) is 6.92 Å². The minimum atomic E-state index is -3.42. The number of aromatic nitrogens is 2. The van der Waals surface area contributed by atoms with Crippen LogP contribution >= 0.6 is 22.9 Å². The molecule has 1 aromatic carbocycles. The number of benzene rings is 1. The van der Waals surface area contributed by atoms with Gasteiger partial charge in [0.05, 0.1) is 10.7 Å². The summed E-state index contributed by atoms with van der Waals surface area (Å²) in [5.41, 5.74) is 1.55. The Morgan fingerprint density at radius 2 is 1.71 bits per heavy atom. The summed E-state index contributed by atoms with van der Waals surface area (Å²) in [6.45, 7) is 3.90. The summed E-state index contributed by atoms with van der Waals surface area (Å²) >= 11 is 7.53. The minimum Gasteiger partial charge on any atom is -0.352 e. The largest absolute Gasteiger partial charge is 0.352 e. The van der Waals surface area contributed by atoms with Crippen LogP contribution in [0.3, 0.4) is 0 Å². The summed E-state index contributed by atoms with van der Waals surface area (Å²) in [6, 6.07) is 14.8. The number of sulfonamides is 1. The van der Waals surface area contributed by atoms with Crippen LogP contribution in [0.15, 0.2) is 52.7 Å². The zero-order chi connectivity index (χ0) is 19.7. The van der Waals surface area contributed by atoms with Crippen molar-refractivity contribution < 1.29 is 8.42 Å². The average Bonchev–Trinajstić information content (AvgIpc) is 3.16. The van der Waals surface area contributed by atoms with Crippen LogP contribution in [0.2, 0.25) is 5.02 Å². The number of halogens is 1. The molecule has 0 unspecified atom stereocenters. The third-order valence-electron chi connectivity index (χ3n) is 4.67. The first-order chi connectivity index (χ1) is 13.4. The van der Waals surface area contributed by atoms with Gasteiger partial charge in [-0.1, -0.05) is 29.8 Å². The van der Waals surface area contributed by atoms with Crippen LogP contribution < -0.4 is 4.90 Å². The fourth-order valence-electron chi connectivity index (χ4n) is 3.14. The highest BCUT2D eigenvalue weighted by Crippen LogP contribution is 2.28. The Balaban J connectivity index is 1.45. The lowest BCUT2D eigenvalue weighted by Gasteiger charge is -2.34. The number of piperazine rings is 1. The topological polar surface area (TPSA) is 66.4 Å². The number of rotatable bonds is 4. The zero-order valence-electron chi connectivity index (χ0n) is 15.2. The summed E-state index contributed by atoms with van der Waals surface area (Å²) in [5.74, 6) is 0.736. The molecule has 3 heterocycles. The van der Waals surface area contributed by atoms with Gasteiger partial charge in [-0.25, -0.2) is 8.42 Å². The fourth-order valence-corrected chi connectivity index (χ4v) is 6.23. The summed E-state index contributed by atoms with van der Waals surface area (Å²) in [7, 11) is -3.42. The molecule has 0 amide bonds.